The van der Waals surface area contributed by atoms with Crippen molar-refractivity contribution in [1.82, 2.24) is 14.6 Å². The second-order valence-corrected chi connectivity index (χ2v) is 11.9. The standard InChI is InChI=1S/C23H33N4O9PS/c1-5-32-23(19(29)18(28)20(35-23)27-12-11-17(24)25-22(27)31)13-33-37(38,36-16-9-7-6-8-10-16)26-15(4)21(30)34-14(2)3/h6-12,14-15,18-20,28-29H,5,13H2,1-4H3,(H,26,38)(H2,24,25,31). The number of rotatable bonds is 12. The van der Waals surface area contributed by atoms with Crippen LogP contribution in [-0.4, -0.2) is 69.1 Å². The molecule has 2 heterocycles. The number of nitrogen functional groups attached to an aromatic ring is 1. The van der Waals surface area contributed by atoms with Crippen LogP contribution in [0.25, 0.3) is 0 Å². The Labute approximate surface area is 225 Å². The molecule has 13 nitrogen and oxygen atoms in total. The summed E-state index contributed by atoms with van der Waals surface area (Å²) in [4.78, 5) is 28.5. The molecule has 6 atom stereocenters. The molecule has 5 N–H and O–H groups in total. The highest BCUT2D eigenvalue weighted by molar-refractivity contribution is 8.09. The average Bonchev–Trinajstić information content (AvgIpc) is 3.09. The van der Waals surface area contributed by atoms with Crippen LogP contribution in [-0.2, 0) is 35.3 Å². The predicted octanol–water partition coefficient (Wildman–Crippen LogP) is 1.06. The van der Waals surface area contributed by atoms with E-state index in [-0.39, 0.29) is 18.5 Å². The lowest BCUT2D eigenvalue weighted by molar-refractivity contribution is -0.276. The molecule has 0 radical (unpaired) electrons. The van der Waals surface area contributed by atoms with Crippen molar-refractivity contribution in [2.75, 3.05) is 18.9 Å². The summed E-state index contributed by atoms with van der Waals surface area (Å²) in [5.74, 6) is -2.18. The number of nitrogens with one attached hydrogen (secondary N) is 1. The third-order valence-corrected chi connectivity index (χ3v) is 7.84. The molecule has 210 valence electrons. The zero-order chi connectivity index (χ0) is 28.1. The summed E-state index contributed by atoms with van der Waals surface area (Å²) in [6.07, 6.45) is -3.72. The second kappa shape index (κ2) is 12.6. The maximum Gasteiger partial charge on any atom is 0.351 e. The van der Waals surface area contributed by atoms with Crippen molar-refractivity contribution in [2.45, 2.75) is 64.1 Å². The van der Waals surface area contributed by atoms with Gasteiger partial charge in [-0.25, -0.2) is 9.88 Å². The number of nitrogens with two attached hydrogens (primary N) is 1. The highest BCUT2D eigenvalue weighted by Crippen LogP contribution is 2.48. The second-order valence-electron chi connectivity index (χ2n) is 8.74. The van der Waals surface area contributed by atoms with E-state index in [4.69, 9.17) is 40.8 Å². The van der Waals surface area contributed by atoms with Gasteiger partial charge in [0.25, 0.3) is 0 Å². The van der Waals surface area contributed by atoms with E-state index in [0.717, 1.165) is 4.57 Å². The Morgan fingerprint density at radius 1 is 1.29 bits per heavy atom. The smallest absolute Gasteiger partial charge is 0.351 e. The number of ether oxygens (including phenoxy) is 3. The topological polar surface area (TPSA) is 177 Å². The first kappa shape index (κ1) is 30.1. The molecule has 1 saturated heterocycles. The summed E-state index contributed by atoms with van der Waals surface area (Å²) in [7, 11) is 0. The van der Waals surface area contributed by atoms with Gasteiger partial charge in [-0.2, -0.15) is 4.98 Å². The highest BCUT2D eigenvalue weighted by atomic mass is 32.5. The Morgan fingerprint density at radius 2 is 1.97 bits per heavy atom. The van der Waals surface area contributed by atoms with Gasteiger partial charge in [-0.3, -0.25) is 9.36 Å². The van der Waals surface area contributed by atoms with Gasteiger partial charge in [0.15, 0.2) is 6.23 Å². The van der Waals surface area contributed by atoms with Gasteiger partial charge in [0, 0.05) is 12.8 Å². The van der Waals surface area contributed by atoms with Crippen LogP contribution in [0.15, 0.2) is 47.4 Å². The van der Waals surface area contributed by atoms with E-state index in [1.54, 1.807) is 58.0 Å². The van der Waals surface area contributed by atoms with Crippen molar-refractivity contribution in [2.24, 2.45) is 0 Å². The first-order chi connectivity index (χ1) is 17.9. The summed E-state index contributed by atoms with van der Waals surface area (Å²) in [6.45, 7) is 2.60. The van der Waals surface area contributed by atoms with Gasteiger partial charge in [-0.05, 0) is 57.7 Å². The molecule has 3 rings (SSSR count). The monoisotopic (exact) mass is 572 g/mol. The molecule has 0 aliphatic carbocycles. The Balaban J connectivity index is 1.88. The normalized spacial score (nSPS) is 25.6. The zero-order valence-corrected chi connectivity index (χ0v) is 23.1. The summed E-state index contributed by atoms with van der Waals surface area (Å²) < 4.78 is 29.8. The van der Waals surface area contributed by atoms with E-state index < -0.39 is 55.2 Å². The lowest BCUT2D eigenvalue weighted by Gasteiger charge is -2.34. The minimum absolute atomic E-state index is 0.0198. The molecule has 1 aromatic carbocycles. The van der Waals surface area contributed by atoms with Gasteiger partial charge in [0.2, 0.25) is 5.79 Å². The largest absolute Gasteiger partial charge is 0.462 e. The van der Waals surface area contributed by atoms with E-state index in [9.17, 15) is 19.8 Å². The van der Waals surface area contributed by atoms with Crippen LogP contribution in [0.2, 0.25) is 0 Å². The summed E-state index contributed by atoms with van der Waals surface area (Å²) in [5, 5.41) is 24.6. The number of para-hydroxylation sites is 1. The number of carbonyl (C=O) groups excluding carboxylic acids is 1. The molecule has 0 spiro atoms. The van der Waals surface area contributed by atoms with E-state index in [2.05, 4.69) is 10.1 Å². The molecule has 1 fully saturated rings. The molecule has 15 heteroatoms. The van der Waals surface area contributed by atoms with E-state index >= 15 is 0 Å². The molecule has 1 aliphatic heterocycles. The van der Waals surface area contributed by atoms with Crippen LogP contribution < -0.4 is 21.0 Å². The van der Waals surface area contributed by atoms with Crippen LogP contribution >= 0.6 is 6.64 Å². The molecular formula is C23H33N4O9PS. The summed E-state index contributed by atoms with van der Waals surface area (Å²) >= 11 is 5.70. The molecule has 38 heavy (non-hydrogen) atoms. The van der Waals surface area contributed by atoms with Crippen LogP contribution in [0.5, 0.6) is 5.75 Å². The van der Waals surface area contributed by atoms with E-state index in [0.29, 0.717) is 5.75 Å². The van der Waals surface area contributed by atoms with Crippen LogP contribution in [0, 0.1) is 0 Å². The number of carbonyl (C=O) groups is 1. The Hall–Kier alpha value is -2.42. The van der Waals surface area contributed by atoms with Gasteiger partial charge in [0.1, 0.15) is 36.4 Å². The molecule has 6 unspecified atom stereocenters. The number of hydrogen-bond donors (Lipinski definition) is 4. The van der Waals surface area contributed by atoms with E-state index in [1.165, 1.54) is 12.3 Å². The van der Waals surface area contributed by atoms with Gasteiger partial charge in [-0.15, -0.1) is 0 Å². The van der Waals surface area contributed by atoms with Gasteiger partial charge >= 0.3 is 18.3 Å². The molecule has 0 amide bonds. The Morgan fingerprint density at radius 3 is 2.58 bits per heavy atom. The fourth-order valence-electron chi connectivity index (χ4n) is 3.63. The molecule has 0 saturated carbocycles. The predicted molar refractivity (Wildman–Crippen MR) is 141 cm³/mol. The number of anilines is 1. The summed E-state index contributed by atoms with van der Waals surface area (Å²) in [5.41, 5.74) is 4.75. The van der Waals surface area contributed by atoms with Crippen molar-refractivity contribution >= 4 is 30.2 Å². The minimum atomic E-state index is -3.54. The van der Waals surface area contributed by atoms with Crippen molar-refractivity contribution in [3.05, 3.63) is 53.1 Å². The molecule has 2 aromatic rings. The van der Waals surface area contributed by atoms with Crippen molar-refractivity contribution in [3.63, 3.8) is 0 Å². The maximum absolute atomic E-state index is 12.5. The average molecular weight is 573 g/mol. The third kappa shape index (κ3) is 7.16. The number of aliphatic hydroxyl groups is 2. The third-order valence-electron chi connectivity index (χ3n) is 5.36. The van der Waals surface area contributed by atoms with Crippen molar-refractivity contribution in [3.8, 4) is 5.75 Å². The summed E-state index contributed by atoms with van der Waals surface area (Å²) in [6, 6.07) is 8.99. The van der Waals surface area contributed by atoms with Gasteiger partial charge in [0.05, 0.1) is 6.10 Å². The van der Waals surface area contributed by atoms with Crippen LogP contribution in [0.1, 0.15) is 33.9 Å². The highest BCUT2D eigenvalue weighted by Gasteiger charge is 2.57. The molecule has 1 aliphatic rings. The number of esters is 1. The van der Waals surface area contributed by atoms with Crippen molar-refractivity contribution in [1.29, 1.82) is 0 Å². The SMILES string of the molecule is CCOC1(COP(=S)(NC(C)C(=O)OC(C)C)Oc2ccccc2)OC(n2ccc(N)nc2=O)C(O)C1O. The molecule has 0 bridgehead atoms. The van der Waals surface area contributed by atoms with Crippen molar-refractivity contribution < 1.29 is 38.3 Å². The quantitative estimate of drug-likeness (QED) is 0.210. The minimum Gasteiger partial charge on any atom is -0.462 e. The lowest BCUT2D eigenvalue weighted by Crippen LogP contribution is -2.49. The fourth-order valence-corrected chi connectivity index (χ4v) is 6.03. The molecule has 1 aromatic heterocycles. The Kier molecular flexibility index (Phi) is 10.0. The number of benzene rings is 1. The van der Waals surface area contributed by atoms with Gasteiger partial charge < -0.3 is 39.2 Å². The first-order valence-electron chi connectivity index (χ1n) is 11.9. The number of nitrogens with zero attached hydrogens (tertiary/aromatic N) is 2. The van der Waals surface area contributed by atoms with E-state index in [1.807, 2.05) is 0 Å². The first-order valence-corrected chi connectivity index (χ1v) is 14.5. The Bertz CT molecular complexity index is 1200. The fraction of sp³-hybridized carbons (Fsp3) is 0.522. The number of hydrogen-bond acceptors (Lipinski definition) is 12. The lowest BCUT2D eigenvalue weighted by atomic mass is 10.1. The number of aromatic nitrogens is 2. The maximum atomic E-state index is 12.5. The van der Waals surface area contributed by atoms with Crippen LogP contribution in [0.3, 0.4) is 0 Å². The van der Waals surface area contributed by atoms with Gasteiger partial charge in [-0.1, -0.05) is 18.2 Å². The number of aliphatic hydroxyl groups excluding tert-OH is 2. The van der Waals surface area contributed by atoms with Crippen LogP contribution in [0.4, 0.5) is 5.82 Å². The zero-order valence-electron chi connectivity index (χ0n) is 21.4. The molecular weight excluding hydrogens is 539 g/mol.